The lowest BCUT2D eigenvalue weighted by Gasteiger charge is -2.40. The van der Waals surface area contributed by atoms with Crippen LogP contribution >= 0.6 is 0 Å². The highest BCUT2D eigenvalue weighted by molar-refractivity contribution is 6.74. The average molecular weight is 527 g/mol. The molecule has 0 aromatic rings. The molecular weight excluding hydrogens is 480 g/mol. The van der Waals surface area contributed by atoms with Crippen LogP contribution in [0.2, 0.25) is 18.1 Å². The fraction of sp³-hybridized carbons (Fsp3) is 0.840. The van der Waals surface area contributed by atoms with E-state index >= 15 is 0 Å². The number of rotatable bonds is 9. The van der Waals surface area contributed by atoms with E-state index < -0.39 is 38.2 Å². The van der Waals surface area contributed by atoms with Gasteiger partial charge in [0.05, 0.1) is 30.0 Å². The predicted molar refractivity (Wildman–Crippen MR) is 139 cm³/mol. The summed E-state index contributed by atoms with van der Waals surface area (Å²) in [5.74, 6) is -2.33. The average Bonchev–Trinajstić information content (AvgIpc) is 3.44. The number of primary amides is 1. The summed E-state index contributed by atoms with van der Waals surface area (Å²) in [7, 11) is -2.01. The van der Waals surface area contributed by atoms with E-state index in [1.807, 2.05) is 13.8 Å². The SMILES string of the molecule is C[C@H](C(=O)N1CC[C@H](C(=O)N2CC[C@@H](C(=O)N[C@H](C(N)=O)[C@@H](C)O)C2)C1)[C@@H](C)O[Si](C)(C)C(C)(C)C. The van der Waals surface area contributed by atoms with Crippen molar-refractivity contribution in [3.05, 3.63) is 0 Å². The molecule has 0 aromatic heterocycles. The first-order valence-corrected chi connectivity index (χ1v) is 15.9. The molecule has 2 aliphatic rings. The summed E-state index contributed by atoms with van der Waals surface area (Å²) in [6.07, 6.45) is -0.257. The lowest BCUT2D eigenvalue weighted by molar-refractivity contribution is -0.138. The minimum absolute atomic E-state index is 0.00537. The van der Waals surface area contributed by atoms with Crippen molar-refractivity contribution in [3.63, 3.8) is 0 Å². The summed E-state index contributed by atoms with van der Waals surface area (Å²) in [6.45, 7) is 17.7. The molecule has 6 atom stereocenters. The third-order valence-corrected chi connectivity index (χ3v) is 12.8. The highest BCUT2D eigenvalue weighted by Gasteiger charge is 2.42. The van der Waals surface area contributed by atoms with Crippen LogP contribution < -0.4 is 11.1 Å². The molecule has 0 radical (unpaired) electrons. The van der Waals surface area contributed by atoms with Crippen molar-refractivity contribution in [2.24, 2.45) is 23.5 Å². The lowest BCUT2D eigenvalue weighted by Crippen LogP contribution is -2.52. The molecular formula is C25H46N4O6Si. The number of likely N-dealkylation sites (tertiary alicyclic amines) is 2. The van der Waals surface area contributed by atoms with E-state index in [2.05, 4.69) is 39.2 Å². The second-order valence-corrected chi connectivity index (χ2v) is 16.8. The summed E-state index contributed by atoms with van der Waals surface area (Å²) >= 11 is 0. The third kappa shape index (κ3) is 7.07. The lowest BCUT2D eigenvalue weighted by atomic mass is 10.0. The highest BCUT2D eigenvalue weighted by atomic mass is 28.4. The Labute approximate surface area is 216 Å². The Morgan fingerprint density at radius 1 is 1.00 bits per heavy atom. The van der Waals surface area contributed by atoms with Gasteiger partial charge in [-0.3, -0.25) is 19.2 Å². The molecule has 4 N–H and O–H groups in total. The molecule has 4 amide bonds. The minimum atomic E-state index is -2.01. The van der Waals surface area contributed by atoms with Crippen LogP contribution in [-0.2, 0) is 23.6 Å². The molecule has 10 nitrogen and oxygen atoms in total. The highest BCUT2D eigenvalue weighted by Crippen LogP contribution is 2.38. The molecule has 0 saturated carbocycles. The molecule has 0 spiro atoms. The predicted octanol–water partition coefficient (Wildman–Crippen LogP) is 1.08. The van der Waals surface area contributed by atoms with Crippen LogP contribution in [0, 0.1) is 17.8 Å². The van der Waals surface area contributed by atoms with Crippen molar-refractivity contribution in [1.82, 2.24) is 15.1 Å². The Bertz CT molecular complexity index is 843. The quantitative estimate of drug-likeness (QED) is 0.384. The zero-order valence-corrected chi connectivity index (χ0v) is 24.2. The number of aliphatic hydroxyl groups excluding tert-OH is 1. The topological polar surface area (TPSA) is 142 Å². The number of nitrogens with zero attached hydrogens (tertiary/aromatic N) is 2. The van der Waals surface area contributed by atoms with Gasteiger partial charge in [0.15, 0.2) is 8.32 Å². The number of amides is 4. The van der Waals surface area contributed by atoms with Gasteiger partial charge in [-0.05, 0) is 44.8 Å². The molecule has 0 aromatic carbocycles. The zero-order valence-electron chi connectivity index (χ0n) is 23.2. The van der Waals surface area contributed by atoms with E-state index in [0.717, 1.165) is 0 Å². The van der Waals surface area contributed by atoms with Gasteiger partial charge in [-0.2, -0.15) is 0 Å². The number of hydrogen-bond donors (Lipinski definition) is 3. The first-order valence-electron chi connectivity index (χ1n) is 13.0. The van der Waals surface area contributed by atoms with E-state index in [0.29, 0.717) is 32.5 Å². The molecule has 0 unspecified atom stereocenters. The fourth-order valence-corrected chi connectivity index (χ4v) is 6.01. The molecule has 0 bridgehead atoms. The van der Waals surface area contributed by atoms with Gasteiger partial charge in [0, 0.05) is 26.2 Å². The van der Waals surface area contributed by atoms with E-state index in [4.69, 9.17) is 10.2 Å². The Kier molecular flexibility index (Phi) is 9.74. The number of nitrogens with one attached hydrogen (secondary N) is 1. The second kappa shape index (κ2) is 11.6. The molecule has 11 heteroatoms. The van der Waals surface area contributed by atoms with Gasteiger partial charge < -0.3 is 30.4 Å². The van der Waals surface area contributed by atoms with Gasteiger partial charge in [-0.1, -0.05) is 27.7 Å². The maximum absolute atomic E-state index is 13.2. The van der Waals surface area contributed by atoms with Crippen molar-refractivity contribution >= 4 is 31.9 Å². The summed E-state index contributed by atoms with van der Waals surface area (Å²) in [6, 6.07) is -1.17. The van der Waals surface area contributed by atoms with Crippen LogP contribution in [0.5, 0.6) is 0 Å². The van der Waals surface area contributed by atoms with Crippen molar-refractivity contribution in [3.8, 4) is 0 Å². The second-order valence-electron chi connectivity index (χ2n) is 12.0. The van der Waals surface area contributed by atoms with Gasteiger partial charge in [-0.25, -0.2) is 0 Å². The summed E-state index contributed by atoms with van der Waals surface area (Å²) in [5, 5.41) is 12.2. The van der Waals surface area contributed by atoms with Gasteiger partial charge in [0.1, 0.15) is 6.04 Å². The van der Waals surface area contributed by atoms with E-state index in [1.165, 1.54) is 6.92 Å². The first-order chi connectivity index (χ1) is 16.5. The van der Waals surface area contributed by atoms with E-state index in [-0.39, 0.29) is 41.3 Å². The maximum Gasteiger partial charge on any atom is 0.242 e. The van der Waals surface area contributed by atoms with Crippen LogP contribution in [0.1, 0.15) is 54.4 Å². The first kappa shape index (κ1) is 30.2. The molecule has 2 aliphatic heterocycles. The molecule has 2 rings (SSSR count). The van der Waals surface area contributed by atoms with E-state index in [1.54, 1.807) is 9.80 Å². The van der Waals surface area contributed by atoms with Gasteiger partial charge in [0.2, 0.25) is 23.6 Å². The largest absolute Gasteiger partial charge is 0.413 e. The van der Waals surface area contributed by atoms with Crippen LogP contribution in [0.25, 0.3) is 0 Å². The summed E-state index contributed by atoms with van der Waals surface area (Å²) in [5.41, 5.74) is 5.25. The summed E-state index contributed by atoms with van der Waals surface area (Å²) < 4.78 is 6.43. The monoisotopic (exact) mass is 526 g/mol. The fourth-order valence-electron chi connectivity index (χ4n) is 4.53. The zero-order chi connectivity index (χ0) is 27.6. The summed E-state index contributed by atoms with van der Waals surface area (Å²) in [4.78, 5) is 53.8. The number of carbonyl (C=O) groups is 4. The molecule has 2 heterocycles. The normalized spacial score (nSPS) is 24.2. The van der Waals surface area contributed by atoms with Crippen molar-refractivity contribution in [2.75, 3.05) is 26.2 Å². The Balaban J connectivity index is 1.90. The Morgan fingerprint density at radius 3 is 2.06 bits per heavy atom. The third-order valence-electron chi connectivity index (χ3n) is 8.19. The van der Waals surface area contributed by atoms with Crippen LogP contribution in [-0.4, -0.2) is 91.3 Å². The smallest absolute Gasteiger partial charge is 0.242 e. The molecule has 2 saturated heterocycles. The van der Waals surface area contributed by atoms with Crippen molar-refractivity contribution in [2.45, 2.75) is 90.8 Å². The van der Waals surface area contributed by atoms with Crippen LogP contribution in [0.4, 0.5) is 0 Å². The molecule has 2 fully saturated rings. The van der Waals surface area contributed by atoms with Crippen LogP contribution in [0.3, 0.4) is 0 Å². The van der Waals surface area contributed by atoms with Crippen molar-refractivity contribution in [1.29, 1.82) is 0 Å². The Morgan fingerprint density at radius 2 is 1.53 bits per heavy atom. The van der Waals surface area contributed by atoms with Gasteiger partial charge in [0.25, 0.3) is 0 Å². The number of carbonyl (C=O) groups excluding carboxylic acids is 4. The van der Waals surface area contributed by atoms with Crippen molar-refractivity contribution < 1.29 is 28.7 Å². The van der Waals surface area contributed by atoms with Gasteiger partial charge >= 0.3 is 0 Å². The standard InChI is InChI=1S/C25H46N4O6Si/c1-15(17(3)35-36(7,8)25(4,5)6)23(33)28-12-10-19(14-28)24(34)29-11-9-18(13-29)22(32)27-20(16(2)30)21(26)31/h15-20,30H,9-14H2,1-8H3,(H2,26,31)(H,27,32)/t15-,16+,17+,18+,19-,20-/m0/s1. The minimum Gasteiger partial charge on any atom is -0.413 e. The van der Waals surface area contributed by atoms with Crippen LogP contribution in [0.15, 0.2) is 0 Å². The maximum atomic E-state index is 13.2. The molecule has 0 aliphatic carbocycles. The Hall–Kier alpha value is -1.98. The molecule has 36 heavy (non-hydrogen) atoms. The van der Waals surface area contributed by atoms with Gasteiger partial charge in [-0.15, -0.1) is 0 Å². The number of nitrogens with two attached hydrogens (primary N) is 1. The molecule has 206 valence electrons. The number of aliphatic hydroxyl groups is 1. The van der Waals surface area contributed by atoms with E-state index in [9.17, 15) is 24.3 Å². The number of hydrogen-bond acceptors (Lipinski definition) is 6.